The zero-order valence-electron chi connectivity index (χ0n) is 14.2. The molecule has 1 aromatic heterocycles. The van der Waals surface area contributed by atoms with E-state index < -0.39 is 0 Å². The Labute approximate surface area is 146 Å². The normalized spacial score (nSPS) is 16.7. The van der Waals surface area contributed by atoms with Crippen LogP contribution in [0.15, 0.2) is 59.5 Å². The lowest BCUT2D eigenvalue weighted by molar-refractivity contribution is 0.0633. The smallest absolute Gasteiger partial charge is 0.259 e. The lowest BCUT2D eigenvalue weighted by Crippen LogP contribution is -2.45. The summed E-state index contributed by atoms with van der Waals surface area (Å²) in [5.41, 5.74) is 3.23. The predicted octanol–water partition coefficient (Wildman–Crippen LogP) is 3.51. The fourth-order valence-electron chi connectivity index (χ4n) is 3.67. The number of hydrogen-bond donors (Lipinski definition) is 1. The SMILES string of the molecule is CC[C@H]1Cc2ccccc2CN1C(=O)c1c[nH]c2ccccc2c1=O. The molecule has 0 spiro atoms. The van der Waals surface area contributed by atoms with Crippen molar-refractivity contribution in [2.75, 3.05) is 0 Å². The van der Waals surface area contributed by atoms with Gasteiger partial charge in [0.05, 0.1) is 0 Å². The first kappa shape index (κ1) is 15.6. The number of amides is 1. The number of pyridine rings is 1. The number of benzene rings is 2. The number of nitrogens with zero attached hydrogens (tertiary/aromatic N) is 1. The molecule has 0 radical (unpaired) electrons. The molecule has 1 amide bonds. The van der Waals surface area contributed by atoms with Gasteiger partial charge in [-0.3, -0.25) is 9.59 Å². The molecule has 2 heterocycles. The number of rotatable bonds is 2. The maximum atomic E-state index is 13.1. The number of carbonyl (C=O) groups excluding carboxylic acids is 1. The van der Waals surface area contributed by atoms with Gasteiger partial charge in [0.1, 0.15) is 5.56 Å². The molecule has 1 N–H and O–H groups in total. The van der Waals surface area contributed by atoms with Gasteiger partial charge in [0.15, 0.2) is 0 Å². The van der Waals surface area contributed by atoms with E-state index in [0.717, 1.165) is 23.9 Å². The highest BCUT2D eigenvalue weighted by atomic mass is 16.2. The third kappa shape index (κ3) is 2.64. The molecular weight excluding hydrogens is 312 g/mol. The van der Waals surface area contributed by atoms with E-state index in [1.165, 1.54) is 5.56 Å². The van der Waals surface area contributed by atoms with Crippen molar-refractivity contribution in [2.24, 2.45) is 0 Å². The van der Waals surface area contributed by atoms with Crippen LogP contribution >= 0.6 is 0 Å². The summed E-state index contributed by atoms with van der Waals surface area (Å²) < 4.78 is 0. The van der Waals surface area contributed by atoms with Crippen LogP contribution in [-0.4, -0.2) is 21.8 Å². The van der Waals surface area contributed by atoms with E-state index in [1.807, 2.05) is 35.2 Å². The summed E-state index contributed by atoms with van der Waals surface area (Å²) in [6.45, 7) is 2.64. The summed E-state index contributed by atoms with van der Waals surface area (Å²) >= 11 is 0. The minimum absolute atomic E-state index is 0.119. The highest BCUT2D eigenvalue weighted by Gasteiger charge is 2.30. The summed E-state index contributed by atoms with van der Waals surface area (Å²) in [6, 6.07) is 15.6. The average molecular weight is 332 g/mol. The number of aromatic nitrogens is 1. The lowest BCUT2D eigenvalue weighted by atomic mass is 9.92. The second-order valence-electron chi connectivity index (χ2n) is 6.55. The second kappa shape index (κ2) is 6.20. The fraction of sp³-hybridized carbons (Fsp3) is 0.238. The lowest BCUT2D eigenvalue weighted by Gasteiger charge is -2.36. The van der Waals surface area contributed by atoms with E-state index in [0.29, 0.717) is 11.9 Å². The van der Waals surface area contributed by atoms with Crippen molar-refractivity contribution in [3.05, 3.63) is 81.6 Å². The molecule has 2 aromatic carbocycles. The van der Waals surface area contributed by atoms with E-state index >= 15 is 0 Å². The van der Waals surface area contributed by atoms with Crippen LogP contribution in [0.4, 0.5) is 0 Å². The van der Waals surface area contributed by atoms with E-state index in [4.69, 9.17) is 0 Å². The van der Waals surface area contributed by atoms with Gasteiger partial charge in [0, 0.05) is 29.7 Å². The number of nitrogens with one attached hydrogen (secondary N) is 1. The molecule has 0 aliphatic carbocycles. The molecule has 4 nitrogen and oxygen atoms in total. The molecule has 0 fully saturated rings. The highest BCUT2D eigenvalue weighted by Crippen LogP contribution is 2.26. The fourth-order valence-corrected chi connectivity index (χ4v) is 3.67. The summed E-state index contributed by atoms with van der Waals surface area (Å²) in [5, 5.41) is 0.554. The van der Waals surface area contributed by atoms with Crippen molar-refractivity contribution < 1.29 is 4.79 Å². The zero-order chi connectivity index (χ0) is 17.4. The number of H-pyrrole nitrogens is 1. The van der Waals surface area contributed by atoms with Gasteiger partial charge in [0.2, 0.25) is 5.43 Å². The van der Waals surface area contributed by atoms with Crippen LogP contribution in [0.2, 0.25) is 0 Å². The molecule has 0 saturated carbocycles. The van der Waals surface area contributed by atoms with Gasteiger partial charge in [-0.25, -0.2) is 0 Å². The molecule has 1 aliphatic heterocycles. The van der Waals surface area contributed by atoms with Crippen molar-refractivity contribution in [3.63, 3.8) is 0 Å². The highest BCUT2D eigenvalue weighted by molar-refractivity contribution is 5.97. The van der Waals surface area contributed by atoms with E-state index in [9.17, 15) is 9.59 Å². The van der Waals surface area contributed by atoms with E-state index in [2.05, 4.69) is 24.0 Å². The van der Waals surface area contributed by atoms with Crippen molar-refractivity contribution in [1.29, 1.82) is 0 Å². The van der Waals surface area contributed by atoms with Gasteiger partial charge in [-0.2, -0.15) is 0 Å². The van der Waals surface area contributed by atoms with Gasteiger partial charge in [0.25, 0.3) is 5.91 Å². The Kier molecular flexibility index (Phi) is 3.88. The van der Waals surface area contributed by atoms with Crippen LogP contribution in [0.25, 0.3) is 10.9 Å². The Morgan fingerprint density at radius 3 is 2.64 bits per heavy atom. The van der Waals surface area contributed by atoms with Crippen LogP contribution in [0.5, 0.6) is 0 Å². The molecular formula is C21H20N2O2. The van der Waals surface area contributed by atoms with Crippen molar-refractivity contribution in [2.45, 2.75) is 32.4 Å². The van der Waals surface area contributed by atoms with Crippen LogP contribution in [0.1, 0.15) is 34.8 Å². The molecule has 0 unspecified atom stereocenters. The molecule has 25 heavy (non-hydrogen) atoms. The topological polar surface area (TPSA) is 53.2 Å². The van der Waals surface area contributed by atoms with Gasteiger partial charge in [-0.05, 0) is 36.1 Å². The quantitative estimate of drug-likeness (QED) is 0.781. The van der Waals surface area contributed by atoms with Crippen molar-refractivity contribution in [3.8, 4) is 0 Å². The number of aromatic amines is 1. The summed E-state index contributed by atoms with van der Waals surface area (Å²) in [4.78, 5) is 30.9. The maximum absolute atomic E-state index is 13.1. The van der Waals surface area contributed by atoms with Gasteiger partial charge in [-0.1, -0.05) is 43.3 Å². The third-order valence-corrected chi connectivity index (χ3v) is 5.11. The molecule has 4 rings (SSSR count). The Hall–Kier alpha value is -2.88. The minimum Gasteiger partial charge on any atom is -0.360 e. The Bertz CT molecular complexity index is 1010. The zero-order valence-corrected chi connectivity index (χ0v) is 14.2. The van der Waals surface area contributed by atoms with E-state index in [1.54, 1.807) is 12.3 Å². The maximum Gasteiger partial charge on any atom is 0.259 e. The first-order valence-electron chi connectivity index (χ1n) is 8.67. The molecule has 4 heteroatoms. The first-order valence-corrected chi connectivity index (χ1v) is 8.67. The third-order valence-electron chi connectivity index (χ3n) is 5.11. The molecule has 126 valence electrons. The minimum atomic E-state index is -0.201. The predicted molar refractivity (Wildman–Crippen MR) is 98.7 cm³/mol. The van der Waals surface area contributed by atoms with Crippen LogP contribution in [-0.2, 0) is 13.0 Å². The van der Waals surface area contributed by atoms with E-state index in [-0.39, 0.29) is 22.9 Å². The molecule has 1 atom stereocenters. The molecule has 0 bridgehead atoms. The monoisotopic (exact) mass is 332 g/mol. The number of fused-ring (bicyclic) bond motifs is 2. The number of carbonyl (C=O) groups is 1. The van der Waals surface area contributed by atoms with Crippen LogP contribution in [0, 0.1) is 0 Å². The summed E-state index contributed by atoms with van der Waals surface area (Å²) in [7, 11) is 0. The Morgan fingerprint density at radius 1 is 1.12 bits per heavy atom. The van der Waals surface area contributed by atoms with Gasteiger partial charge < -0.3 is 9.88 Å². The molecule has 3 aromatic rings. The number of para-hydroxylation sites is 1. The van der Waals surface area contributed by atoms with Crippen molar-refractivity contribution >= 4 is 16.8 Å². The van der Waals surface area contributed by atoms with Gasteiger partial charge >= 0.3 is 0 Å². The first-order chi connectivity index (χ1) is 12.2. The Balaban J connectivity index is 1.75. The standard InChI is InChI=1S/C21H20N2O2/c1-2-16-11-14-7-3-4-8-15(14)13-23(16)21(25)18-12-22-19-10-6-5-9-17(19)20(18)24/h3-10,12,16H,2,11,13H2,1H3,(H,22,24)/t16-/m0/s1. The van der Waals surface area contributed by atoms with Crippen LogP contribution in [0.3, 0.4) is 0 Å². The molecule has 1 aliphatic rings. The second-order valence-corrected chi connectivity index (χ2v) is 6.55. The summed E-state index contributed by atoms with van der Waals surface area (Å²) in [6.07, 6.45) is 3.26. The summed E-state index contributed by atoms with van der Waals surface area (Å²) in [5.74, 6) is -0.187. The van der Waals surface area contributed by atoms with Crippen molar-refractivity contribution in [1.82, 2.24) is 9.88 Å². The largest absolute Gasteiger partial charge is 0.360 e. The van der Waals surface area contributed by atoms with Crippen LogP contribution < -0.4 is 5.43 Å². The molecule has 0 saturated heterocycles. The van der Waals surface area contributed by atoms with Gasteiger partial charge in [-0.15, -0.1) is 0 Å². The Morgan fingerprint density at radius 2 is 1.84 bits per heavy atom. The average Bonchev–Trinajstić information content (AvgIpc) is 2.67. The number of hydrogen-bond acceptors (Lipinski definition) is 2.